The van der Waals surface area contributed by atoms with Gasteiger partial charge in [-0.1, -0.05) is 16.8 Å². The summed E-state index contributed by atoms with van der Waals surface area (Å²) in [4.78, 5) is 8.28. The van der Waals surface area contributed by atoms with E-state index < -0.39 is 5.82 Å². The van der Waals surface area contributed by atoms with Crippen LogP contribution >= 0.6 is 34.2 Å². The summed E-state index contributed by atoms with van der Waals surface area (Å²) >= 11 is 8.21. The highest BCUT2D eigenvalue weighted by Crippen LogP contribution is 2.34. The molecule has 0 spiro atoms. The van der Waals surface area contributed by atoms with Gasteiger partial charge in [-0.25, -0.2) is 9.37 Å². The van der Waals surface area contributed by atoms with Crippen LogP contribution in [0.1, 0.15) is 11.4 Å². The lowest BCUT2D eigenvalue weighted by molar-refractivity contribution is 0.425. The highest BCUT2D eigenvalue weighted by molar-refractivity contribution is 14.1. The summed E-state index contributed by atoms with van der Waals surface area (Å²) in [6.45, 7) is 3.55. The summed E-state index contributed by atoms with van der Waals surface area (Å²) in [7, 11) is 0. The zero-order valence-corrected chi connectivity index (χ0v) is 13.5. The third-order valence-electron chi connectivity index (χ3n) is 2.96. The fourth-order valence-corrected chi connectivity index (χ4v) is 2.95. The second-order valence-electron chi connectivity index (χ2n) is 4.33. The van der Waals surface area contributed by atoms with Crippen LogP contribution in [-0.2, 0) is 0 Å². The normalized spacial score (nSPS) is 11.2. The van der Waals surface area contributed by atoms with Gasteiger partial charge in [-0.15, -0.1) is 0 Å². The van der Waals surface area contributed by atoms with E-state index in [0.717, 1.165) is 9.13 Å². The molecule has 1 aromatic carbocycles. The highest BCUT2D eigenvalue weighted by Gasteiger charge is 2.19. The molecule has 0 unspecified atom stereocenters. The highest BCUT2D eigenvalue weighted by atomic mass is 127. The predicted molar refractivity (Wildman–Crippen MR) is 82.2 cm³/mol. The molecule has 0 aliphatic carbocycles. The van der Waals surface area contributed by atoms with Gasteiger partial charge in [0, 0.05) is 8.96 Å². The zero-order chi connectivity index (χ0) is 14.4. The van der Waals surface area contributed by atoms with Gasteiger partial charge in [0.1, 0.15) is 10.7 Å². The molecule has 4 nitrogen and oxygen atoms in total. The van der Waals surface area contributed by atoms with E-state index >= 15 is 0 Å². The first-order chi connectivity index (χ1) is 9.47. The Morgan fingerprint density at radius 2 is 2.00 bits per heavy atom. The van der Waals surface area contributed by atoms with Crippen molar-refractivity contribution in [2.24, 2.45) is 0 Å². The molecule has 3 aromatic rings. The number of aryl methyl sites for hydroxylation is 2. The molecule has 7 heteroatoms. The van der Waals surface area contributed by atoms with Crippen molar-refractivity contribution in [2.45, 2.75) is 13.8 Å². The average Bonchev–Trinajstić information content (AvgIpc) is 2.78. The minimum Gasteiger partial charge on any atom is -0.334 e. The Kier molecular flexibility index (Phi) is 3.37. The Hall–Kier alpha value is -1.28. The largest absolute Gasteiger partial charge is 0.334 e. The average molecular weight is 404 g/mol. The smallest absolute Gasteiger partial charge is 0.261 e. The maximum atomic E-state index is 14.0. The van der Waals surface area contributed by atoms with Gasteiger partial charge in [0.15, 0.2) is 11.6 Å². The SMILES string of the molecule is Cc1noc(-c2c(Cl)nc3c(F)cc(I)cc3c2C)n1. The quantitative estimate of drug-likeness (QED) is 0.449. The van der Waals surface area contributed by atoms with Crippen LogP contribution in [0.2, 0.25) is 5.15 Å². The number of halogens is 3. The minimum absolute atomic E-state index is 0.152. The molecule has 0 saturated heterocycles. The Bertz CT molecular complexity index is 834. The topological polar surface area (TPSA) is 51.8 Å². The number of rotatable bonds is 1. The van der Waals surface area contributed by atoms with Gasteiger partial charge in [0.2, 0.25) is 0 Å². The molecule has 2 heterocycles. The van der Waals surface area contributed by atoms with E-state index in [1.54, 1.807) is 6.92 Å². The van der Waals surface area contributed by atoms with Crippen LogP contribution in [0, 0.1) is 23.2 Å². The fraction of sp³-hybridized carbons (Fsp3) is 0.154. The second-order valence-corrected chi connectivity index (χ2v) is 5.94. The molecule has 0 aliphatic rings. The molecule has 0 fully saturated rings. The van der Waals surface area contributed by atoms with Crippen LogP contribution < -0.4 is 0 Å². The van der Waals surface area contributed by atoms with E-state index in [1.807, 2.05) is 13.0 Å². The summed E-state index contributed by atoms with van der Waals surface area (Å²) in [6, 6.07) is 3.27. The van der Waals surface area contributed by atoms with E-state index in [1.165, 1.54) is 6.07 Å². The third-order valence-corrected chi connectivity index (χ3v) is 3.86. The molecule has 2 aromatic heterocycles. The molecular formula is C13H8ClFIN3O. The van der Waals surface area contributed by atoms with Gasteiger partial charge < -0.3 is 4.52 Å². The van der Waals surface area contributed by atoms with Gasteiger partial charge in [0.25, 0.3) is 5.89 Å². The molecule has 20 heavy (non-hydrogen) atoms. The molecule has 0 amide bonds. The van der Waals surface area contributed by atoms with Crippen LogP contribution in [0.15, 0.2) is 16.7 Å². The minimum atomic E-state index is -0.398. The fourth-order valence-electron chi connectivity index (χ4n) is 2.06. The van der Waals surface area contributed by atoms with Crippen molar-refractivity contribution in [2.75, 3.05) is 0 Å². The molecule has 102 valence electrons. The van der Waals surface area contributed by atoms with E-state index in [9.17, 15) is 4.39 Å². The van der Waals surface area contributed by atoms with Gasteiger partial charge in [-0.2, -0.15) is 4.98 Å². The Morgan fingerprint density at radius 3 is 2.65 bits per heavy atom. The number of hydrogen-bond donors (Lipinski definition) is 0. The van der Waals surface area contributed by atoms with Gasteiger partial charge in [-0.3, -0.25) is 0 Å². The Balaban J connectivity index is 2.39. The predicted octanol–water partition coefficient (Wildman–Crippen LogP) is 4.30. The van der Waals surface area contributed by atoms with Crippen LogP contribution in [0.3, 0.4) is 0 Å². The van der Waals surface area contributed by atoms with Crippen molar-refractivity contribution in [1.82, 2.24) is 15.1 Å². The molecule has 0 saturated carbocycles. The van der Waals surface area contributed by atoms with Gasteiger partial charge in [0.05, 0.1) is 5.56 Å². The number of hydrogen-bond acceptors (Lipinski definition) is 4. The molecular weight excluding hydrogens is 396 g/mol. The van der Waals surface area contributed by atoms with Crippen molar-refractivity contribution >= 4 is 45.1 Å². The number of aromatic nitrogens is 3. The van der Waals surface area contributed by atoms with E-state index in [4.69, 9.17) is 16.1 Å². The summed E-state index contributed by atoms with van der Waals surface area (Å²) < 4.78 is 19.9. The summed E-state index contributed by atoms with van der Waals surface area (Å²) in [5.41, 5.74) is 1.55. The summed E-state index contributed by atoms with van der Waals surface area (Å²) in [6.07, 6.45) is 0. The molecule has 0 aliphatic heterocycles. The van der Waals surface area contributed by atoms with Crippen LogP contribution in [0.5, 0.6) is 0 Å². The second kappa shape index (κ2) is 4.92. The van der Waals surface area contributed by atoms with Crippen LogP contribution in [0.4, 0.5) is 4.39 Å². The maximum Gasteiger partial charge on any atom is 0.261 e. The van der Waals surface area contributed by atoms with Crippen molar-refractivity contribution in [3.63, 3.8) is 0 Å². The number of fused-ring (bicyclic) bond motifs is 1. The van der Waals surface area contributed by atoms with Crippen molar-refractivity contribution in [3.8, 4) is 11.5 Å². The molecule has 0 atom stereocenters. The monoisotopic (exact) mass is 403 g/mol. The first-order valence-corrected chi connectivity index (χ1v) is 7.18. The maximum absolute atomic E-state index is 14.0. The number of benzene rings is 1. The Morgan fingerprint density at radius 1 is 1.25 bits per heavy atom. The lowest BCUT2D eigenvalue weighted by Crippen LogP contribution is -1.95. The lowest BCUT2D eigenvalue weighted by atomic mass is 10.0. The summed E-state index contributed by atoms with van der Waals surface area (Å²) in [5, 5.41) is 4.58. The standard InChI is InChI=1S/C13H8ClFIN3O/c1-5-8-3-7(16)4-9(15)11(8)18-12(14)10(5)13-17-6(2)19-20-13/h3-4H,1-2H3. The van der Waals surface area contributed by atoms with Crippen LogP contribution in [0.25, 0.3) is 22.4 Å². The van der Waals surface area contributed by atoms with E-state index in [0.29, 0.717) is 22.7 Å². The van der Waals surface area contributed by atoms with Crippen LogP contribution in [-0.4, -0.2) is 15.1 Å². The third kappa shape index (κ3) is 2.16. The van der Waals surface area contributed by atoms with Gasteiger partial charge >= 0.3 is 0 Å². The van der Waals surface area contributed by atoms with Crippen molar-refractivity contribution in [1.29, 1.82) is 0 Å². The Labute approximate surface area is 132 Å². The summed E-state index contributed by atoms with van der Waals surface area (Å²) in [5.74, 6) is 0.396. The number of nitrogens with zero attached hydrogens (tertiary/aromatic N) is 3. The first kappa shape index (κ1) is 13.7. The van der Waals surface area contributed by atoms with Gasteiger partial charge in [-0.05, 0) is 54.1 Å². The molecule has 0 bridgehead atoms. The lowest BCUT2D eigenvalue weighted by Gasteiger charge is -2.09. The molecule has 0 radical (unpaired) electrons. The zero-order valence-electron chi connectivity index (χ0n) is 10.5. The molecule has 3 rings (SSSR count). The number of pyridine rings is 1. The van der Waals surface area contributed by atoms with Crippen molar-refractivity contribution < 1.29 is 8.91 Å². The van der Waals surface area contributed by atoms with E-state index in [2.05, 4.69) is 37.7 Å². The van der Waals surface area contributed by atoms with E-state index in [-0.39, 0.29) is 10.7 Å². The first-order valence-electron chi connectivity index (χ1n) is 5.73. The van der Waals surface area contributed by atoms with Crippen molar-refractivity contribution in [3.05, 3.63) is 38.1 Å². The molecule has 0 N–H and O–H groups in total.